The first-order valence-electron chi connectivity index (χ1n) is 9.57. The van der Waals surface area contributed by atoms with E-state index in [1.807, 2.05) is 91.9 Å². The van der Waals surface area contributed by atoms with E-state index >= 15 is 0 Å². The lowest BCUT2D eigenvalue weighted by atomic mass is 9.87. The summed E-state index contributed by atoms with van der Waals surface area (Å²) < 4.78 is 21.1. The highest BCUT2D eigenvalue weighted by Gasteiger charge is 2.45. The zero-order chi connectivity index (χ0) is 21.2. The molecular weight excluding hydrogens is 461 g/mol. The summed E-state index contributed by atoms with van der Waals surface area (Å²) in [7, 11) is -3.29. The third kappa shape index (κ3) is 3.93. The fourth-order valence-electron chi connectivity index (χ4n) is 3.67. The average Bonchev–Trinajstić information content (AvgIpc) is 3.22. The van der Waals surface area contributed by atoms with Gasteiger partial charge in [-0.1, -0.05) is 64.5 Å². The minimum atomic E-state index is -3.29. The summed E-state index contributed by atoms with van der Waals surface area (Å²) in [4.78, 5) is 11.9. The van der Waals surface area contributed by atoms with E-state index in [1.165, 1.54) is 6.08 Å². The SMILES string of the molecule is C[C@@](NP(=O)(c1ccccc1)c1ccccc1)(c1cccc(Br)c1)C1C=CC(=O)O1. The predicted molar refractivity (Wildman–Crippen MR) is 123 cm³/mol. The van der Waals surface area contributed by atoms with Crippen molar-refractivity contribution in [3.63, 3.8) is 0 Å². The van der Waals surface area contributed by atoms with Gasteiger partial charge in [0.25, 0.3) is 0 Å². The molecule has 1 aliphatic rings. The number of cyclic esters (lactones) is 1. The van der Waals surface area contributed by atoms with Crippen molar-refractivity contribution in [1.82, 2.24) is 5.09 Å². The number of halogens is 1. The van der Waals surface area contributed by atoms with Gasteiger partial charge in [-0.25, -0.2) is 9.88 Å². The monoisotopic (exact) mass is 481 g/mol. The van der Waals surface area contributed by atoms with Crippen LogP contribution in [-0.2, 0) is 19.6 Å². The van der Waals surface area contributed by atoms with Crippen LogP contribution in [0.5, 0.6) is 0 Å². The number of hydrogen-bond donors (Lipinski definition) is 1. The summed E-state index contributed by atoms with van der Waals surface area (Å²) in [6.07, 6.45) is 2.52. The quantitative estimate of drug-likeness (QED) is 0.410. The Hall–Kier alpha value is -2.46. The molecule has 0 radical (unpaired) electrons. The molecule has 4 rings (SSSR count). The number of carbonyl (C=O) groups is 1. The Morgan fingerprint density at radius 1 is 0.933 bits per heavy atom. The van der Waals surface area contributed by atoms with Crippen molar-refractivity contribution in [2.24, 2.45) is 0 Å². The molecule has 0 saturated carbocycles. The molecule has 0 fully saturated rings. The molecule has 6 heteroatoms. The molecule has 1 heterocycles. The number of hydrogen-bond acceptors (Lipinski definition) is 3. The van der Waals surface area contributed by atoms with E-state index in [9.17, 15) is 9.36 Å². The van der Waals surface area contributed by atoms with Gasteiger partial charge in [0, 0.05) is 21.2 Å². The van der Waals surface area contributed by atoms with E-state index < -0.39 is 24.9 Å². The van der Waals surface area contributed by atoms with E-state index in [0.717, 1.165) is 10.0 Å². The lowest BCUT2D eigenvalue weighted by Gasteiger charge is -2.39. The van der Waals surface area contributed by atoms with Gasteiger partial charge in [-0.2, -0.15) is 0 Å². The highest BCUT2D eigenvalue weighted by Crippen LogP contribution is 2.46. The first-order valence-corrected chi connectivity index (χ1v) is 12.1. The van der Waals surface area contributed by atoms with E-state index in [-0.39, 0.29) is 0 Å². The minimum Gasteiger partial charge on any atom is -0.453 e. The third-order valence-electron chi connectivity index (χ3n) is 5.27. The smallest absolute Gasteiger partial charge is 0.331 e. The van der Waals surface area contributed by atoms with Crippen molar-refractivity contribution < 1.29 is 14.1 Å². The Morgan fingerprint density at radius 2 is 1.53 bits per heavy atom. The largest absolute Gasteiger partial charge is 0.453 e. The molecule has 4 nitrogen and oxygen atoms in total. The topological polar surface area (TPSA) is 55.4 Å². The van der Waals surface area contributed by atoms with E-state index in [2.05, 4.69) is 21.0 Å². The Labute approximate surface area is 184 Å². The van der Waals surface area contributed by atoms with Crippen LogP contribution in [0.3, 0.4) is 0 Å². The van der Waals surface area contributed by atoms with Crippen molar-refractivity contribution >= 4 is 39.8 Å². The Morgan fingerprint density at radius 3 is 2.03 bits per heavy atom. The van der Waals surface area contributed by atoms with Crippen molar-refractivity contribution in [2.75, 3.05) is 0 Å². The molecule has 1 unspecified atom stereocenters. The van der Waals surface area contributed by atoms with Crippen LogP contribution in [0.15, 0.2) is 102 Å². The van der Waals surface area contributed by atoms with Crippen LogP contribution in [0, 0.1) is 0 Å². The number of benzene rings is 3. The van der Waals surface area contributed by atoms with E-state index in [4.69, 9.17) is 4.74 Å². The van der Waals surface area contributed by atoms with Crippen LogP contribution in [0.1, 0.15) is 12.5 Å². The second kappa shape index (κ2) is 8.35. The molecule has 2 atom stereocenters. The first kappa shape index (κ1) is 20.8. The maximum Gasteiger partial charge on any atom is 0.331 e. The summed E-state index contributed by atoms with van der Waals surface area (Å²) >= 11 is 3.52. The highest BCUT2D eigenvalue weighted by molar-refractivity contribution is 9.10. The van der Waals surface area contributed by atoms with Crippen LogP contribution in [0.2, 0.25) is 0 Å². The van der Waals surface area contributed by atoms with Gasteiger partial charge < -0.3 is 4.74 Å². The maximum atomic E-state index is 14.6. The van der Waals surface area contributed by atoms with Gasteiger partial charge in [-0.05, 0) is 55.0 Å². The normalized spacial score (nSPS) is 18.1. The van der Waals surface area contributed by atoms with Crippen LogP contribution < -0.4 is 15.7 Å². The molecule has 3 aromatic rings. The van der Waals surface area contributed by atoms with Gasteiger partial charge >= 0.3 is 5.97 Å². The van der Waals surface area contributed by atoms with Crippen molar-refractivity contribution in [3.8, 4) is 0 Å². The van der Waals surface area contributed by atoms with Crippen LogP contribution in [0.25, 0.3) is 0 Å². The minimum absolute atomic E-state index is 0.405. The van der Waals surface area contributed by atoms with Crippen LogP contribution >= 0.6 is 23.2 Å². The molecule has 0 aromatic heterocycles. The molecule has 1 aliphatic heterocycles. The zero-order valence-electron chi connectivity index (χ0n) is 16.4. The summed E-state index contributed by atoms with van der Waals surface area (Å²) in [5.74, 6) is -0.405. The van der Waals surface area contributed by atoms with Gasteiger partial charge in [0.15, 0.2) is 0 Å². The standard InChI is InChI=1S/C24H21BrNO3P/c1-24(22-15-16-23(27)29-22,18-9-8-10-19(25)17-18)26-30(28,20-11-4-2-5-12-20)21-13-6-3-7-14-21/h2-17,22H,1H3,(H,26,28)/t22?,24-/m1/s1. The Balaban J connectivity index is 1.89. The first-order chi connectivity index (χ1) is 14.4. The zero-order valence-corrected chi connectivity index (χ0v) is 18.8. The number of carbonyl (C=O) groups excluding carboxylic acids is 1. The second-order valence-corrected chi connectivity index (χ2v) is 10.7. The lowest BCUT2D eigenvalue weighted by Crippen LogP contribution is -2.50. The van der Waals surface area contributed by atoms with Gasteiger partial charge in [-0.3, -0.25) is 4.57 Å². The Kier molecular flexibility index (Phi) is 5.79. The lowest BCUT2D eigenvalue weighted by molar-refractivity contribution is -0.141. The molecule has 0 amide bonds. The summed E-state index contributed by atoms with van der Waals surface area (Å²) in [6, 6.07) is 26.5. The van der Waals surface area contributed by atoms with Crippen molar-refractivity contribution in [1.29, 1.82) is 0 Å². The summed E-state index contributed by atoms with van der Waals surface area (Å²) in [6.45, 7) is 1.92. The fraction of sp³-hybridized carbons (Fsp3) is 0.125. The van der Waals surface area contributed by atoms with Gasteiger partial charge in [0.05, 0.1) is 5.54 Å². The molecule has 152 valence electrons. The fourth-order valence-corrected chi connectivity index (χ4v) is 6.72. The molecule has 1 N–H and O–H groups in total. The number of rotatable bonds is 6. The maximum absolute atomic E-state index is 14.6. The summed E-state index contributed by atoms with van der Waals surface area (Å²) in [5.41, 5.74) is -0.0819. The molecule has 0 saturated heterocycles. The van der Waals surface area contributed by atoms with E-state index in [0.29, 0.717) is 10.6 Å². The second-order valence-electron chi connectivity index (χ2n) is 7.32. The highest BCUT2D eigenvalue weighted by atomic mass is 79.9. The number of esters is 1. The molecular formula is C24H21BrNO3P. The van der Waals surface area contributed by atoms with Gasteiger partial charge in [-0.15, -0.1) is 0 Å². The Bertz CT molecular complexity index is 1090. The van der Waals surface area contributed by atoms with Crippen molar-refractivity contribution in [2.45, 2.75) is 18.6 Å². The molecule has 30 heavy (non-hydrogen) atoms. The number of nitrogens with one attached hydrogen (secondary N) is 1. The molecule has 3 aromatic carbocycles. The average molecular weight is 482 g/mol. The van der Waals surface area contributed by atoms with Crippen LogP contribution in [0.4, 0.5) is 0 Å². The van der Waals surface area contributed by atoms with E-state index in [1.54, 1.807) is 6.08 Å². The van der Waals surface area contributed by atoms with Crippen LogP contribution in [-0.4, -0.2) is 12.1 Å². The molecule has 0 spiro atoms. The predicted octanol–water partition coefficient (Wildman–Crippen LogP) is 4.66. The van der Waals surface area contributed by atoms with Crippen molar-refractivity contribution in [3.05, 3.63) is 107 Å². The van der Waals surface area contributed by atoms with Gasteiger partial charge in [0.1, 0.15) is 6.10 Å². The molecule has 0 aliphatic carbocycles. The number of ether oxygens (including phenoxy) is 1. The third-order valence-corrected chi connectivity index (χ3v) is 8.60. The summed E-state index contributed by atoms with van der Waals surface area (Å²) in [5, 5.41) is 4.82. The molecule has 0 bridgehead atoms. The van der Waals surface area contributed by atoms with Gasteiger partial charge in [0.2, 0.25) is 7.29 Å².